The molecule has 1 heterocycles. The van der Waals surface area contributed by atoms with Crippen LogP contribution in [0.25, 0.3) is 0 Å². The van der Waals surface area contributed by atoms with Gasteiger partial charge >= 0.3 is 0 Å². The molecule has 1 atom stereocenters. The lowest BCUT2D eigenvalue weighted by molar-refractivity contribution is -0.0486. The van der Waals surface area contributed by atoms with Gasteiger partial charge in [0.15, 0.2) is 0 Å². The second-order valence-corrected chi connectivity index (χ2v) is 6.44. The Morgan fingerprint density at radius 3 is 2.53 bits per heavy atom. The summed E-state index contributed by atoms with van der Waals surface area (Å²) in [5, 5.41) is 0. The summed E-state index contributed by atoms with van der Waals surface area (Å²) >= 11 is 5.97. The third-order valence-corrected chi connectivity index (χ3v) is 4.72. The van der Waals surface area contributed by atoms with Crippen molar-refractivity contribution in [1.82, 2.24) is 0 Å². The van der Waals surface area contributed by atoms with Crippen LogP contribution in [0.5, 0.6) is 0 Å². The lowest BCUT2D eigenvalue weighted by Crippen LogP contribution is -2.28. The summed E-state index contributed by atoms with van der Waals surface area (Å²) in [6.07, 6.45) is 9.46. The monoisotopic (exact) mass is 230 g/mol. The Kier molecular flexibility index (Phi) is 3.33. The molecule has 15 heavy (non-hydrogen) atoms. The van der Waals surface area contributed by atoms with Crippen molar-refractivity contribution in [3.63, 3.8) is 0 Å². The Hall–Kier alpha value is 0.250. The average Bonchev–Trinajstić information content (AvgIpc) is 2.78. The minimum Gasteiger partial charge on any atom is -0.372 e. The second-order valence-electron chi connectivity index (χ2n) is 6.17. The zero-order valence-corrected chi connectivity index (χ0v) is 10.8. The van der Waals surface area contributed by atoms with Gasteiger partial charge in [-0.1, -0.05) is 26.7 Å². The van der Waals surface area contributed by atoms with Crippen LogP contribution in [-0.2, 0) is 4.74 Å². The lowest BCUT2D eigenvalue weighted by Gasteiger charge is -2.28. The van der Waals surface area contributed by atoms with E-state index in [1.165, 1.54) is 38.5 Å². The van der Waals surface area contributed by atoms with Crippen LogP contribution >= 0.6 is 11.6 Å². The summed E-state index contributed by atoms with van der Waals surface area (Å²) in [6.45, 7) is 4.48. The fourth-order valence-corrected chi connectivity index (χ4v) is 3.21. The van der Waals surface area contributed by atoms with Gasteiger partial charge in [-0.2, -0.15) is 0 Å². The van der Waals surface area contributed by atoms with Gasteiger partial charge in [0, 0.05) is 5.88 Å². The highest BCUT2D eigenvalue weighted by atomic mass is 35.5. The fraction of sp³-hybridized carbons (Fsp3) is 1.00. The molecule has 1 saturated carbocycles. The molecule has 1 unspecified atom stereocenters. The molecule has 88 valence electrons. The number of halogens is 1. The third kappa shape index (κ3) is 2.68. The Morgan fingerprint density at radius 2 is 1.93 bits per heavy atom. The van der Waals surface area contributed by atoms with Crippen molar-refractivity contribution in [1.29, 1.82) is 0 Å². The highest BCUT2D eigenvalue weighted by Gasteiger charge is 2.43. The van der Waals surface area contributed by atoms with Crippen molar-refractivity contribution < 1.29 is 4.74 Å². The number of hydrogen-bond acceptors (Lipinski definition) is 1. The normalized spacial score (nSPS) is 30.2. The van der Waals surface area contributed by atoms with Gasteiger partial charge in [-0.15, -0.1) is 11.6 Å². The molecule has 2 rings (SSSR count). The van der Waals surface area contributed by atoms with E-state index in [0.717, 1.165) is 12.3 Å². The van der Waals surface area contributed by atoms with Gasteiger partial charge in [-0.3, -0.25) is 0 Å². The van der Waals surface area contributed by atoms with E-state index in [0.29, 0.717) is 6.10 Å². The number of alkyl halides is 1. The molecule has 2 fully saturated rings. The molecule has 0 aromatic heterocycles. The molecular weight excluding hydrogens is 208 g/mol. The molecular formula is C13H23ClO. The van der Waals surface area contributed by atoms with Crippen LogP contribution in [0.15, 0.2) is 0 Å². The molecule has 1 spiro atoms. The summed E-state index contributed by atoms with van der Waals surface area (Å²) in [4.78, 5) is 0. The molecule has 2 heteroatoms. The van der Waals surface area contributed by atoms with Crippen LogP contribution in [-0.4, -0.2) is 17.6 Å². The van der Waals surface area contributed by atoms with E-state index in [-0.39, 0.29) is 11.0 Å². The van der Waals surface area contributed by atoms with Crippen LogP contribution in [0.4, 0.5) is 0 Å². The van der Waals surface area contributed by atoms with Crippen molar-refractivity contribution in [3.05, 3.63) is 0 Å². The van der Waals surface area contributed by atoms with E-state index in [1.807, 2.05) is 0 Å². The van der Waals surface area contributed by atoms with Crippen LogP contribution in [0, 0.1) is 5.41 Å². The van der Waals surface area contributed by atoms with Crippen molar-refractivity contribution in [2.75, 3.05) is 5.88 Å². The van der Waals surface area contributed by atoms with Gasteiger partial charge < -0.3 is 4.74 Å². The fourth-order valence-electron chi connectivity index (χ4n) is 3.10. The molecule has 1 aliphatic carbocycles. The van der Waals surface area contributed by atoms with Crippen molar-refractivity contribution in [2.45, 2.75) is 70.5 Å². The van der Waals surface area contributed by atoms with Crippen LogP contribution in [0.2, 0.25) is 0 Å². The molecule has 1 aliphatic heterocycles. The maximum Gasteiger partial charge on any atom is 0.0687 e. The standard InChI is InChI=1S/C13H23ClO/c1-12(2,10-14)9-11-5-8-13(15-11)6-3-4-7-13/h11H,3-10H2,1-2H3. The molecule has 2 aliphatic rings. The summed E-state index contributed by atoms with van der Waals surface area (Å²) in [6, 6.07) is 0. The molecule has 0 bridgehead atoms. The lowest BCUT2D eigenvalue weighted by atomic mass is 9.88. The average molecular weight is 231 g/mol. The Bertz CT molecular complexity index is 219. The Balaban J connectivity index is 1.87. The van der Waals surface area contributed by atoms with Crippen molar-refractivity contribution in [3.8, 4) is 0 Å². The first-order valence-corrected chi connectivity index (χ1v) is 6.83. The number of hydrogen-bond donors (Lipinski definition) is 0. The van der Waals surface area contributed by atoms with Gasteiger partial charge in [-0.25, -0.2) is 0 Å². The first-order valence-electron chi connectivity index (χ1n) is 6.29. The molecule has 1 saturated heterocycles. The second kappa shape index (κ2) is 4.25. The van der Waals surface area contributed by atoms with Crippen molar-refractivity contribution in [2.24, 2.45) is 5.41 Å². The molecule has 0 N–H and O–H groups in total. The summed E-state index contributed by atoms with van der Waals surface area (Å²) in [5.74, 6) is 0.736. The molecule has 0 amide bonds. The van der Waals surface area contributed by atoms with Crippen LogP contribution in [0.1, 0.15) is 58.8 Å². The first kappa shape index (κ1) is 11.7. The summed E-state index contributed by atoms with van der Waals surface area (Å²) in [7, 11) is 0. The highest BCUT2D eigenvalue weighted by molar-refractivity contribution is 6.18. The molecule has 0 aromatic carbocycles. The van der Waals surface area contributed by atoms with E-state index < -0.39 is 0 Å². The predicted octanol–water partition coefficient (Wildman–Crippen LogP) is 4.13. The largest absolute Gasteiger partial charge is 0.372 e. The maximum absolute atomic E-state index is 6.29. The number of ether oxygens (including phenoxy) is 1. The third-order valence-electron chi connectivity index (χ3n) is 4.00. The van der Waals surface area contributed by atoms with Crippen LogP contribution in [0.3, 0.4) is 0 Å². The minimum absolute atomic E-state index is 0.232. The van der Waals surface area contributed by atoms with Gasteiger partial charge in [0.25, 0.3) is 0 Å². The summed E-state index contributed by atoms with van der Waals surface area (Å²) < 4.78 is 6.29. The van der Waals surface area contributed by atoms with E-state index in [9.17, 15) is 0 Å². The van der Waals surface area contributed by atoms with E-state index in [4.69, 9.17) is 16.3 Å². The summed E-state index contributed by atoms with van der Waals surface area (Å²) in [5.41, 5.74) is 0.517. The number of rotatable bonds is 3. The molecule has 0 radical (unpaired) electrons. The van der Waals surface area contributed by atoms with Gasteiger partial charge in [0.2, 0.25) is 0 Å². The smallest absolute Gasteiger partial charge is 0.0687 e. The topological polar surface area (TPSA) is 9.23 Å². The highest BCUT2D eigenvalue weighted by Crippen LogP contribution is 2.45. The molecule has 0 aromatic rings. The molecule has 1 nitrogen and oxygen atoms in total. The van der Waals surface area contributed by atoms with Gasteiger partial charge in [0.05, 0.1) is 11.7 Å². The van der Waals surface area contributed by atoms with E-state index >= 15 is 0 Å². The van der Waals surface area contributed by atoms with Crippen LogP contribution < -0.4 is 0 Å². The van der Waals surface area contributed by atoms with Crippen molar-refractivity contribution >= 4 is 11.6 Å². The SMILES string of the molecule is CC(C)(CCl)CC1CCC2(CCCC2)O1. The zero-order chi connectivity index (χ0) is 10.9. The Labute approximate surface area is 98.5 Å². The minimum atomic E-state index is 0.232. The zero-order valence-electron chi connectivity index (χ0n) is 10.0. The van der Waals surface area contributed by atoms with Gasteiger partial charge in [0.1, 0.15) is 0 Å². The van der Waals surface area contributed by atoms with Gasteiger partial charge in [-0.05, 0) is 37.5 Å². The van der Waals surface area contributed by atoms with E-state index in [1.54, 1.807) is 0 Å². The maximum atomic E-state index is 6.29. The van der Waals surface area contributed by atoms with E-state index in [2.05, 4.69) is 13.8 Å². The first-order chi connectivity index (χ1) is 7.05. The Morgan fingerprint density at radius 1 is 1.27 bits per heavy atom. The quantitative estimate of drug-likeness (QED) is 0.663. The predicted molar refractivity (Wildman–Crippen MR) is 64.4 cm³/mol.